The minimum Gasteiger partial charge on any atom is -0.444 e. The summed E-state index contributed by atoms with van der Waals surface area (Å²) in [5.74, 6) is 0.0495. The first-order valence-electron chi connectivity index (χ1n) is 7.11. The second kappa shape index (κ2) is 6.28. The molecule has 0 saturated heterocycles. The maximum absolute atomic E-state index is 12.0. The summed E-state index contributed by atoms with van der Waals surface area (Å²) in [6, 6.07) is 0. The Morgan fingerprint density at radius 3 is 2.32 bits per heavy atom. The van der Waals surface area contributed by atoms with E-state index in [2.05, 4.69) is 10.4 Å². The van der Waals surface area contributed by atoms with E-state index < -0.39 is 17.2 Å². The zero-order valence-electron chi connectivity index (χ0n) is 14.2. The SMILES string of the molecule is CC(C)c1nn(C)c(Cl)c1C(C)(C=O)NC(=O)OC(C)(C)C. The van der Waals surface area contributed by atoms with E-state index in [-0.39, 0.29) is 5.92 Å². The lowest BCUT2D eigenvalue weighted by molar-refractivity contribution is -0.113. The van der Waals surface area contributed by atoms with Crippen molar-refractivity contribution in [3.05, 3.63) is 16.4 Å². The van der Waals surface area contributed by atoms with Gasteiger partial charge in [0.15, 0.2) is 0 Å². The van der Waals surface area contributed by atoms with Gasteiger partial charge in [0, 0.05) is 12.6 Å². The summed E-state index contributed by atoms with van der Waals surface area (Å²) in [7, 11) is 1.69. The Labute approximate surface area is 136 Å². The predicted molar refractivity (Wildman–Crippen MR) is 85.1 cm³/mol. The molecule has 124 valence electrons. The Balaban J connectivity index is 3.25. The number of ether oxygens (including phenoxy) is 1. The number of amides is 1. The number of hydrogen-bond acceptors (Lipinski definition) is 4. The van der Waals surface area contributed by atoms with E-state index in [4.69, 9.17) is 16.3 Å². The van der Waals surface area contributed by atoms with Crippen LogP contribution in [0.2, 0.25) is 5.15 Å². The first-order chi connectivity index (χ1) is 9.91. The van der Waals surface area contributed by atoms with Gasteiger partial charge in [-0.15, -0.1) is 0 Å². The fourth-order valence-corrected chi connectivity index (χ4v) is 2.40. The standard InChI is InChI=1S/C15H24ClN3O3/c1-9(2)11-10(12(16)19(7)18-11)15(6,8-20)17-13(21)22-14(3,4)5/h8-9H,1-7H3,(H,17,21). The number of aromatic nitrogens is 2. The van der Waals surface area contributed by atoms with Crippen LogP contribution >= 0.6 is 11.6 Å². The minimum absolute atomic E-state index is 0.0495. The van der Waals surface area contributed by atoms with Crippen molar-refractivity contribution in [2.24, 2.45) is 7.05 Å². The number of carbonyl (C=O) groups excluding carboxylic acids is 2. The summed E-state index contributed by atoms with van der Waals surface area (Å²) in [6.45, 7) is 10.7. The van der Waals surface area contributed by atoms with E-state index in [0.717, 1.165) is 0 Å². The molecule has 1 heterocycles. The maximum atomic E-state index is 12.0. The summed E-state index contributed by atoms with van der Waals surface area (Å²) in [5, 5.41) is 7.25. The molecule has 0 aliphatic rings. The molecule has 1 amide bonds. The summed E-state index contributed by atoms with van der Waals surface area (Å²) in [5.41, 5.74) is -0.813. The average molecular weight is 330 g/mol. The van der Waals surface area contributed by atoms with Crippen LogP contribution in [0.1, 0.15) is 58.7 Å². The molecule has 7 heteroatoms. The molecule has 0 fully saturated rings. The van der Waals surface area contributed by atoms with Crippen LogP contribution in [0.5, 0.6) is 0 Å². The molecule has 0 radical (unpaired) electrons. The molecular formula is C15H24ClN3O3. The number of hydrogen-bond donors (Lipinski definition) is 1. The van der Waals surface area contributed by atoms with Crippen LogP contribution < -0.4 is 5.32 Å². The van der Waals surface area contributed by atoms with Crippen LogP contribution in [0.4, 0.5) is 4.79 Å². The van der Waals surface area contributed by atoms with E-state index in [1.807, 2.05) is 13.8 Å². The quantitative estimate of drug-likeness (QED) is 0.861. The van der Waals surface area contributed by atoms with Crippen molar-refractivity contribution in [2.75, 3.05) is 0 Å². The normalized spacial score (nSPS) is 14.6. The minimum atomic E-state index is -1.31. The van der Waals surface area contributed by atoms with Gasteiger partial charge in [-0.05, 0) is 33.6 Å². The number of halogens is 1. The highest BCUT2D eigenvalue weighted by Crippen LogP contribution is 2.33. The molecule has 1 rings (SSSR count). The van der Waals surface area contributed by atoms with E-state index in [0.29, 0.717) is 22.7 Å². The number of aryl methyl sites for hydroxylation is 1. The van der Waals surface area contributed by atoms with Gasteiger partial charge in [0.1, 0.15) is 22.6 Å². The van der Waals surface area contributed by atoms with Crippen molar-refractivity contribution in [3.8, 4) is 0 Å². The number of nitrogens with zero attached hydrogens (tertiary/aromatic N) is 2. The van der Waals surface area contributed by atoms with Crippen molar-refractivity contribution in [3.63, 3.8) is 0 Å². The molecule has 1 N–H and O–H groups in total. The zero-order valence-corrected chi connectivity index (χ0v) is 14.9. The number of nitrogens with one attached hydrogen (secondary N) is 1. The number of alkyl carbamates (subject to hydrolysis) is 1. The summed E-state index contributed by atoms with van der Waals surface area (Å²) in [4.78, 5) is 23.7. The highest BCUT2D eigenvalue weighted by atomic mass is 35.5. The first-order valence-corrected chi connectivity index (χ1v) is 7.49. The predicted octanol–water partition coefficient (Wildman–Crippen LogP) is 3.14. The maximum Gasteiger partial charge on any atom is 0.408 e. The van der Waals surface area contributed by atoms with Gasteiger partial charge in [-0.25, -0.2) is 4.79 Å². The number of carbonyl (C=O) groups is 2. The highest BCUT2D eigenvalue weighted by molar-refractivity contribution is 6.30. The summed E-state index contributed by atoms with van der Waals surface area (Å²) < 4.78 is 6.72. The molecule has 0 aromatic carbocycles. The van der Waals surface area contributed by atoms with Crippen LogP contribution in [0.3, 0.4) is 0 Å². The zero-order chi connectivity index (χ0) is 17.3. The van der Waals surface area contributed by atoms with Crippen molar-refractivity contribution >= 4 is 24.0 Å². The molecule has 0 bridgehead atoms. The third kappa shape index (κ3) is 4.00. The molecule has 0 aliphatic carbocycles. The monoisotopic (exact) mass is 329 g/mol. The second-order valence-corrected chi connectivity index (χ2v) is 7.13. The Bertz CT molecular complexity index is 575. The van der Waals surface area contributed by atoms with Crippen molar-refractivity contribution < 1.29 is 14.3 Å². The Kier molecular flexibility index (Phi) is 5.28. The molecular weight excluding hydrogens is 306 g/mol. The number of rotatable bonds is 4. The third-order valence-corrected chi connectivity index (χ3v) is 3.50. The van der Waals surface area contributed by atoms with Crippen LogP contribution in [0.25, 0.3) is 0 Å². The van der Waals surface area contributed by atoms with Gasteiger partial charge in [-0.3, -0.25) is 4.68 Å². The lowest BCUT2D eigenvalue weighted by Crippen LogP contribution is -2.47. The van der Waals surface area contributed by atoms with E-state index in [9.17, 15) is 9.59 Å². The summed E-state index contributed by atoms with van der Waals surface area (Å²) in [6.07, 6.45) is -0.0391. The molecule has 0 aliphatic heterocycles. The molecule has 6 nitrogen and oxygen atoms in total. The van der Waals surface area contributed by atoms with Gasteiger partial charge >= 0.3 is 6.09 Å². The van der Waals surface area contributed by atoms with Crippen LogP contribution in [0.15, 0.2) is 0 Å². The van der Waals surface area contributed by atoms with Crippen molar-refractivity contribution in [1.29, 1.82) is 0 Å². The van der Waals surface area contributed by atoms with Gasteiger partial charge in [-0.1, -0.05) is 25.4 Å². The van der Waals surface area contributed by atoms with Crippen LogP contribution in [-0.2, 0) is 22.1 Å². The average Bonchev–Trinajstić information content (AvgIpc) is 2.64. The van der Waals surface area contributed by atoms with Gasteiger partial charge in [-0.2, -0.15) is 5.10 Å². The molecule has 1 aromatic heterocycles. The molecule has 22 heavy (non-hydrogen) atoms. The highest BCUT2D eigenvalue weighted by Gasteiger charge is 2.37. The van der Waals surface area contributed by atoms with Gasteiger partial charge in [0.2, 0.25) is 0 Å². The topological polar surface area (TPSA) is 73.2 Å². The molecule has 0 saturated carbocycles. The first kappa shape index (κ1) is 18.5. The Hall–Kier alpha value is -1.56. The molecule has 0 spiro atoms. The van der Waals surface area contributed by atoms with Crippen molar-refractivity contribution in [1.82, 2.24) is 15.1 Å². The Morgan fingerprint density at radius 1 is 1.36 bits per heavy atom. The smallest absolute Gasteiger partial charge is 0.408 e. The lowest BCUT2D eigenvalue weighted by atomic mass is 9.90. The Morgan fingerprint density at radius 2 is 1.91 bits per heavy atom. The molecule has 1 atom stereocenters. The van der Waals surface area contributed by atoms with Gasteiger partial charge in [0.05, 0.1) is 5.69 Å². The van der Waals surface area contributed by atoms with Crippen molar-refractivity contribution in [2.45, 2.75) is 58.6 Å². The molecule has 1 unspecified atom stereocenters. The van der Waals surface area contributed by atoms with Gasteiger partial charge < -0.3 is 14.8 Å². The third-order valence-electron chi connectivity index (χ3n) is 3.07. The van der Waals surface area contributed by atoms with E-state index in [1.54, 1.807) is 34.7 Å². The largest absolute Gasteiger partial charge is 0.444 e. The van der Waals surface area contributed by atoms with Gasteiger partial charge in [0.25, 0.3) is 0 Å². The second-order valence-electron chi connectivity index (χ2n) is 6.78. The number of aldehydes is 1. The summed E-state index contributed by atoms with van der Waals surface area (Å²) >= 11 is 6.29. The lowest BCUT2D eigenvalue weighted by Gasteiger charge is -2.28. The fourth-order valence-electron chi connectivity index (χ4n) is 2.07. The van der Waals surface area contributed by atoms with Crippen LogP contribution in [-0.4, -0.2) is 27.8 Å². The fraction of sp³-hybridized carbons (Fsp3) is 0.667. The van der Waals surface area contributed by atoms with E-state index >= 15 is 0 Å². The van der Waals surface area contributed by atoms with Crippen LogP contribution in [0, 0.1) is 0 Å². The van der Waals surface area contributed by atoms with E-state index in [1.165, 1.54) is 4.68 Å². The molecule has 1 aromatic rings.